The lowest BCUT2D eigenvalue weighted by molar-refractivity contribution is -0.115. The molecule has 1 N–H and O–H groups in total. The molecule has 0 spiro atoms. The lowest BCUT2D eigenvalue weighted by Gasteiger charge is -2.28. The second-order valence-corrected chi connectivity index (χ2v) is 6.43. The molecule has 0 saturated heterocycles. The third kappa shape index (κ3) is 4.78. The number of fused-ring (bicyclic) bond motifs is 1. The van der Waals surface area contributed by atoms with E-state index in [1.807, 2.05) is 49.4 Å². The third-order valence-corrected chi connectivity index (χ3v) is 4.53. The first-order valence-corrected chi connectivity index (χ1v) is 9.05. The number of carbonyl (C=O) groups is 2. The van der Waals surface area contributed by atoms with Gasteiger partial charge in [-0.15, -0.1) is 0 Å². The second-order valence-electron chi connectivity index (χ2n) is 6.43. The Labute approximate surface area is 159 Å². The molecule has 0 unspecified atom stereocenters. The van der Waals surface area contributed by atoms with Crippen LogP contribution in [-0.2, 0) is 28.9 Å². The van der Waals surface area contributed by atoms with Crippen LogP contribution in [0.15, 0.2) is 42.5 Å². The standard InChI is InChI=1S/C21H24N2O4/c1-3-27-19-8-4-15(5-9-19)12-20(24)22-18-7-6-16-10-11-23(21(25)26-2)14-17(16)13-18/h4-9,13H,3,10-12,14H2,1-2H3,(H,22,24). The molecule has 0 fully saturated rings. The number of nitrogens with zero attached hydrogens (tertiary/aromatic N) is 1. The molecule has 0 aliphatic carbocycles. The molecular weight excluding hydrogens is 344 g/mol. The van der Waals surface area contributed by atoms with Crippen LogP contribution in [0.1, 0.15) is 23.6 Å². The highest BCUT2D eigenvalue weighted by molar-refractivity contribution is 5.92. The number of ether oxygens (including phenoxy) is 2. The van der Waals surface area contributed by atoms with Crippen LogP contribution >= 0.6 is 0 Å². The fraction of sp³-hybridized carbons (Fsp3) is 0.333. The third-order valence-electron chi connectivity index (χ3n) is 4.53. The van der Waals surface area contributed by atoms with Gasteiger partial charge in [0.05, 0.1) is 20.1 Å². The van der Waals surface area contributed by atoms with Gasteiger partial charge in [0.2, 0.25) is 5.91 Å². The van der Waals surface area contributed by atoms with Gasteiger partial charge in [-0.2, -0.15) is 0 Å². The van der Waals surface area contributed by atoms with E-state index in [-0.39, 0.29) is 18.4 Å². The summed E-state index contributed by atoms with van der Waals surface area (Å²) in [5.74, 6) is 0.714. The minimum atomic E-state index is -0.328. The summed E-state index contributed by atoms with van der Waals surface area (Å²) in [6, 6.07) is 13.4. The van der Waals surface area contributed by atoms with Crippen molar-refractivity contribution in [1.82, 2.24) is 4.90 Å². The molecule has 6 heteroatoms. The summed E-state index contributed by atoms with van der Waals surface area (Å²) in [6.45, 7) is 3.68. The Bertz CT molecular complexity index is 817. The quantitative estimate of drug-likeness (QED) is 0.878. The average Bonchev–Trinajstić information content (AvgIpc) is 2.68. The second kappa shape index (κ2) is 8.58. The summed E-state index contributed by atoms with van der Waals surface area (Å²) < 4.78 is 10.2. The maximum atomic E-state index is 12.4. The van der Waals surface area contributed by atoms with Gasteiger partial charge in [0.25, 0.3) is 0 Å². The molecule has 1 heterocycles. The lowest BCUT2D eigenvalue weighted by Crippen LogP contribution is -2.35. The number of anilines is 1. The van der Waals surface area contributed by atoms with Crippen molar-refractivity contribution >= 4 is 17.7 Å². The molecule has 2 aromatic carbocycles. The molecule has 1 aliphatic heterocycles. The van der Waals surface area contributed by atoms with E-state index in [1.165, 1.54) is 12.7 Å². The van der Waals surface area contributed by atoms with Crippen molar-refractivity contribution in [1.29, 1.82) is 0 Å². The summed E-state index contributed by atoms with van der Waals surface area (Å²) >= 11 is 0. The van der Waals surface area contributed by atoms with Crippen LogP contribution in [0.3, 0.4) is 0 Å². The van der Waals surface area contributed by atoms with Crippen molar-refractivity contribution in [3.63, 3.8) is 0 Å². The molecule has 0 saturated carbocycles. The molecule has 2 amide bonds. The van der Waals surface area contributed by atoms with E-state index in [0.29, 0.717) is 19.7 Å². The van der Waals surface area contributed by atoms with Gasteiger partial charge < -0.3 is 19.7 Å². The number of rotatable bonds is 5. The van der Waals surface area contributed by atoms with Crippen molar-refractivity contribution in [2.75, 3.05) is 25.6 Å². The highest BCUT2D eigenvalue weighted by atomic mass is 16.5. The largest absolute Gasteiger partial charge is 0.494 e. The number of nitrogens with one attached hydrogen (secondary N) is 1. The van der Waals surface area contributed by atoms with Crippen LogP contribution in [-0.4, -0.2) is 37.2 Å². The summed E-state index contributed by atoms with van der Waals surface area (Å²) in [4.78, 5) is 25.7. The Morgan fingerprint density at radius 3 is 2.59 bits per heavy atom. The molecule has 3 rings (SSSR count). The summed E-state index contributed by atoms with van der Waals surface area (Å²) in [6.07, 6.45) is 0.744. The maximum absolute atomic E-state index is 12.4. The monoisotopic (exact) mass is 368 g/mol. The number of benzene rings is 2. The zero-order chi connectivity index (χ0) is 19.2. The van der Waals surface area contributed by atoms with Crippen molar-refractivity contribution in [2.45, 2.75) is 26.3 Å². The van der Waals surface area contributed by atoms with Gasteiger partial charge in [-0.1, -0.05) is 18.2 Å². The van der Waals surface area contributed by atoms with Gasteiger partial charge in [-0.05, 0) is 54.3 Å². The molecule has 0 atom stereocenters. The van der Waals surface area contributed by atoms with Crippen molar-refractivity contribution in [2.24, 2.45) is 0 Å². The molecule has 6 nitrogen and oxygen atoms in total. The van der Waals surface area contributed by atoms with E-state index >= 15 is 0 Å². The summed E-state index contributed by atoms with van der Waals surface area (Å²) in [7, 11) is 1.38. The molecule has 142 valence electrons. The Hall–Kier alpha value is -3.02. The van der Waals surface area contributed by atoms with Gasteiger partial charge in [-0.25, -0.2) is 4.79 Å². The van der Waals surface area contributed by atoms with Crippen LogP contribution in [0.5, 0.6) is 5.75 Å². The predicted octanol–water partition coefficient (Wildman–Crippen LogP) is 3.39. The topological polar surface area (TPSA) is 67.9 Å². The molecule has 0 bridgehead atoms. The Morgan fingerprint density at radius 1 is 1.11 bits per heavy atom. The minimum absolute atomic E-state index is 0.0836. The number of methoxy groups -OCH3 is 1. The van der Waals surface area contributed by atoms with E-state index < -0.39 is 0 Å². The van der Waals surface area contributed by atoms with Gasteiger partial charge in [0, 0.05) is 18.8 Å². The highest BCUT2D eigenvalue weighted by Crippen LogP contribution is 2.23. The first kappa shape index (κ1) is 18.8. The number of hydrogen-bond acceptors (Lipinski definition) is 4. The molecule has 0 aromatic heterocycles. The van der Waals surface area contributed by atoms with E-state index in [2.05, 4.69) is 5.32 Å². The van der Waals surface area contributed by atoms with Crippen molar-refractivity contribution < 1.29 is 19.1 Å². The number of carbonyl (C=O) groups excluding carboxylic acids is 2. The smallest absolute Gasteiger partial charge is 0.409 e. The van der Waals surface area contributed by atoms with E-state index in [9.17, 15) is 9.59 Å². The first-order valence-electron chi connectivity index (χ1n) is 9.05. The van der Waals surface area contributed by atoms with Crippen molar-refractivity contribution in [3.05, 3.63) is 59.2 Å². The van der Waals surface area contributed by atoms with Crippen molar-refractivity contribution in [3.8, 4) is 5.75 Å². The van der Waals surface area contributed by atoms with Gasteiger partial charge in [0.15, 0.2) is 0 Å². The molecule has 0 radical (unpaired) electrons. The molecule has 27 heavy (non-hydrogen) atoms. The Morgan fingerprint density at radius 2 is 1.89 bits per heavy atom. The van der Waals surface area contributed by atoms with Gasteiger partial charge in [0.1, 0.15) is 5.75 Å². The van der Waals surface area contributed by atoms with E-state index in [0.717, 1.165) is 29.0 Å². The van der Waals surface area contributed by atoms with Crippen LogP contribution in [0.2, 0.25) is 0 Å². The minimum Gasteiger partial charge on any atom is -0.494 e. The maximum Gasteiger partial charge on any atom is 0.409 e. The number of hydrogen-bond donors (Lipinski definition) is 1. The number of amides is 2. The molecular formula is C21H24N2O4. The van der Waals surface area contributed by atoms with Crippen LogP contribution in [0.25, 0.3) is 0 Å². The van der Waals surface area contributed by atoms with Gasteiger partial charge >= 0.3 is 6.09 Å². The zero-order valence-electron chi connectivity index (χ0n) is 15.7. The normalized spacial score (nSPS) is 12.9. The molecule has 1 aliphatic rings. The average molecular weight is 368 g/mol. The van der Waals surface area contributed by atoms with E-state index in [1.54, 1.807) is 4.90 Å². The predicted molar refractivity (Wildman–Crippen MR) is 103 cm³/mol. The van der Waals surface area contributed by atoms with E-state index in [4.69, 9.17) is 9.47 Å². The van der Waals surface area contributed by atoms with Gasteiger partial charge in [-0.3, -0.25) is 4.79 Å². The first-order chi connectivity index (χ1) is 13.1. The van der Waals surface area contributed by atoms with Crippen LogP contribution in [0.4, 0.5) is 10.5 Å². The Kier molecular flexibility index (Phi) is 5.96. The van der Waals surface area contributed by atoms with Crippen LogP contribution < -0.4 is 10.1 Å². The summed E-state index contributed by atoms with van der Waals surface area (Å²) in [5.41, 5.74) is 3.88. The Balaban J connectivity index is 1.62. The zero-order valence-corrected chi connectivity index (χ0v) is 15.7. The SMILES string of the molecule is CCOc1ccc(CC(=O)Nc2ccc3c(c2)CN(C(=O)OC)CC3)cc1. The fourth-order valence-electron chi connectivity index (χ4n) is 3.18. The summed E-state index contributed by atoms with van der Waals surface area (Å²) in [5, 5.41) is 2.93. The fourth-order valence-corrected chi connectivity index (χ4v) is 3.18. The lowest BCUT2D eigenvalue weighted by atomic mass is 9.99. The highest BCUT2D eigenvalue weighted by Gasteiger charge is 2.21. The molecule has 2 aromatic rings. The van der Waals surface area contributed by atoms with Crippen LogP contribution in [0, 0.1) is 0 Å².